The number of aromatic nitrogens is 1. The summed E-state index contributed by atoms with van der Waals surface area (Å²) in [6.45, 7) is 0.455. The lowest BCUT2D eigenvalue weighted by Crippen LogP contribution is -1.99. The highest BCUT2D eigenvalue weighted by atomic mass is 79.9. The fourth-order valence-electron chi connectivity index (χ4n) is 3.55. The number of hydrogen-bond donors (Lipinski definition) is 0. The molecule has 0 saturated heterocycles. The molecule has 0 aliphatic heterocycles. The summed E-state index contributed by atoms with van der Waals surface area (Å²) in [5, 5.41) is 3.35. The van der Waals surface area contributed by atoms with Gasteiger partial charge >= 0.3 is 0 Å². The lowest BCUT2D eigenvalue weighted by molar-refractivity contribution is 0.284. The fraction of sp³-hybridized carbons (Fsp3) is 0.0800. The van der Waals surface area contributed by atoms with Gasteiger partial charge < -0.3 is 9.47 Å². The molecule has 0 atom stereocenters. The third-order valence-electron chi connectivity index (χ3n) is 5.02. The van der Waals surface area contributed by atoms with E-state index in [4.69, 9.17) is 14.5 Å². The Morgan fingerprint density at radius 3 is 2.60 bits per heavy atom. The van der Waals surface area contributed by atoms with Crippen LogP contribution in [0.25, 0.3) is 31.6 Å². The second-order valence-electron chi connectivity index (χ2n) is 6.90. The van der Waals surface area contributed by atoms with Crippen LogP contribution in [0.1, 0.15) is 5.56 Å². The molecule has 5 rings (SSSR count). The monoisotopic (exact) mass is 475 g/mol. The summed E-state index contributed by atoms with van der Waals surface area (Å²) in [5.41, 5.74) is 3.14. The Morgan fingerprint density at radius 1 is 0.933 bits per heavy atom. The van der Waals surface area contributed by atoms with Crippen LogP contribution in [0.2, 0.25) is 0 Å². The Labute approximate surface area is 187 Å². The molecule has 0 N–H and O–H groups in total. The quantitative estimate of drug-likeness (QED) is 0.264. The van der Waals surface area contributed by atoms with E-state index in [-0.39, 0.29) is 0 Å². The number of para-hydroxylation sites is 1. The number of hydrogen-bond acceptors (Lipinski definition) is 4. The Bertz CT molecular complexity index is 1320. The summed E-state index contributed by atoms with van der Waals surface area (Å²) in [6.07, 6.45) is 0. The van der Waals surface area contributed by atoms with Crippen molar-refractivity contribution in [2.75, 3.05) is 7.11 Å². The van der Waals surface area contributed by atoms with Crippen molar-refractivity contribution >= 4 is 48.3 Å². The maximum absolute atomic E-state index is 6.21. The van der Waals surface area contributed by atoms with Crippen LogP contribution in [-0.2, 0) is 6.61 Å². The fourth-order valence-corrected chi connectivity index (χ4v) is 5.06. The predicted molar refractivity (Wildman–Crippen MR) is 128 cm³/mol. The first-order valence-corrected chi connectivity index (χ1v) is 11.2. The van der Waals surface area contributed by atoms with E-state index in [1.54, 1.807) is 18.4 Å². The second-order valence-corrected chi connectivity index (χ2v) is 8.79. The summed E-state index contributed by atoms with van der Waals surface area (Å²) in [7, 11) is 1.66. The summed E-state index contributed by atoms with van der Waals surface area (Å²) in [5.74, 6) is 1.37. The third-order valence-corrected chi connectivity index (χ3v) is 6.70. The maximum Gasteiger partial charge on any atom is 0.175 e. The molecule has 5 heteroatoms. The molecule has 4 aromatic carbocycles. The van der Waals surface area contributed by atoms with Gasteiger partial charge in [-0.15, -0.1) is 11.3 Å². The molecular formula is C25H18BrNO2S. The molecule has 0 spiro atoms. The van der Waals surface area contributed by atoms with E-state index in [1.807, 2.05) is 36.4 Å². The highest BCUT2D eigenvalue weighted by Crippen LogP contribution is 2.41. The number of halogens is 1. The maximum atomic E-state index is 6.21. The summed E-state index contributed by atoms with van der Waals surface area (Å²) >= 11 is 5.34. The van der Waals surface area contributed by atoms with Gasteiger partial charge in [-0.2, -0.15) is 0 Å². The number of fused-ring (bicyclic) bond motifs is 2. The summed E-state index contributed by atoms with van der Waals surface area (Å²) in [6, 6.07) is 26.8. The molecule has 0 unspecified atom stereocenters. The van der Waals surface area contributed by atoms with E-state index < -0.39 is 0 Å². The van der Waals surface area contributed by atoms with Crippen LogP contribution in [0.5, 0.6) is 11.5 Å². The molecule has 0 amide bonds. The summed E-state index contributed by atoms with van der Waals surface area (Å²) in [4.78, 5) is 4.76. The van der Waals surface area contributed by atoms with Crippen LogP contribution in [0.4, 0.5) is 0 Å². The molecule has 1 heterocycles. The number of thiazole rings is 1. The molecule has 30 heavy (non-hydrogen) atoms. The van der Waals surface area contributed by atoms with E-state index in [9.17, 15) is 0 Å². The van der Waals surface area contributed by atoms with Crippen molar-refractivity contribution in [2.45, 2.75) is 6.61 Å². The van der Waals surface area contributed by atoms with Crippen molar-refractivity contribution < 1.29 is 9.47 Å². The lowest BCUT2D eigenvalue weighted by atomic mass is 10.1. The average molecular weight is 476 g/mol. The third kappa shape index (κ3) is 3.55. The smallest absolute Gasteiger partial charge is 0.175 e. The highest BCUT2D eigenvalue weighted by Gasteiger charge is 2.15. The number of ether oxygens (including phenoxy) is 2. The molecular weight excluding hydrogens is 458 g/mol. The van der Waals surface area contributed by atoms with Crippen molar-refractivity contribution in [2.24, 2.45) is 0 Å². The zero-order valence-electron chi connectivity index (χ0n) is 16.3. The van der Waals surface area contributed by atoms with Crippen molar-refractivity contribution in [3.05, 3.63) is 88.9 Å². The Kier molecular flexibility index (Phi) is 5.15. The normalized spacial score (nSPS) is 11.1. The van der Waals surface area contributed by atoms with Gasteiger partial charge in [-0.1, -0.05) is 54.6 Å². The number of nitrogens with zero attached hydrogens (tertiary/aromatic N) is 1. The first-order chi connectivity index (χ1) is 14.7. The topological polar surface area (TPSA) is 31.4 Å². The van der Waals surface area contributed by atoms with Crippen molar-refractivity contribution in [1.82, 2.24) is 4.98 Å². The largest absolute Gasteiger partial charge is 0.493 e. The van der Waals surface area contributed by atoms with E-state index >= 15 is 0 Å². The minimum absolute atomic E-state index is 0.455. The number of methoxy groups -OCH3 is 1. The van der Waals surface area contributed by atoms with E-state index in [1.165, 1.54) is 15.5 Å². The van der Waals surface area contributed by atoms with Crippen LogP contribution >= 0.6 is 27.3 Å². The van der Waals surface area contributed by atoms with Gasteiger partial charge in [0.2, 0.25) is 0 Å². The highest BCUT2D eigenvalue weighted by molar-refractivity contribution is 9.10. The van der Waals surface area contributed by atoms with Gasteiger partial charge in [-0.25, -0.2) is 4.98 Å². The van der Waals surface area contributed by atoms with Gasteiger partial charge in [0, 0.05) is 5.56 Å². The average Bonchev–Trinajstić information content (AvgIpc) is 3.22. The van der Waals surface area contributed by atoms with Gasteiger partial charge in [0.25, 0.3) is 0 Å². The Morgan fingerprint density at radius 2 is 1.73 bits per heavy atom. The van der Waals surface area contributed by atoms with E-state index in [0.29, 0.717) is 18.1 Å². The Balaban J connectivity index is 1.48. The molecule has 148 valence electrons. The minimum atomic E-state index is 0.455. The van der Waals surface area contributed by atoms with Crippen LogP contribution in [0.15, 0.2) is 83.3 Å². The predicted octanol–water partition coefficient (Wildman–Crippen LogP) is 7.47. The molecule has 0 saturated carbocycles. The van der Waals surface area contributed by atoms with Crippen molar-refractivity contribution in [3.63, 3.8) is 0 Å². The Hall–Kier alpha value is -2.89. The molecule has 0 fully saturated rings. The molecule has 1 aromatic heterocycles. The zero-order chi connectivity index (χ0) is 20.5. The molecule has 3 nitrogen and oxygen atoms in total. The van der Waals surface area contributed by atoms with Crippen molar-refractivity contribution in [3.8, 4) is 22.1 Å². The standard InChI is InChI=1S/C25H18BrNO2S/c1-28-22-14-18(25-27-21-11-4-5-12-23(21)30-25)13-20(26)24(22)29-15-17-9-6-8-16-7-2-3-10-19(16)17/h2-14H,15H2,1H3. The molecule has 0 aliphatic rings. The molecule has 0 radical (unpaired) electrons. The first-order valence-electron chi connectivity index (χ1n) is 9.56. The van der Waals surface area contributed by atoms with Gasteiger partial charge in [0.1, 0.15) is 11.6 Å². The van der Waals surface area contributed by atoms with Crippen molar-refractivity contribution in [1.29, 1.82) is 0 Å². The molecule has 0 aliphatic carbocycles. The van der Waals surface area contributed by atoms with Crippen LogP contribution in [0, 0.1) is 0 Å². The summed E-state index contributed by atoms with van der Waals surface area (Å²) < 4.78 is 13.9. The van der Waals surface area contributed by atoms with Gasteiger partial charge in [0.05, 0.1) is 21.8 Å². The SMILES string of the molecule is COc1cc(-c2nc3ccccc3s2)cc(Br)c1OCc1cccc2ccccc12. The number of rotatable bonds is 5. The van der Waals surface area contributed by atoms with Gasteiger partial charge in [0.15, 0.2) is 11.5 Å². The van der Waals surface area contributed by atoms with Gasteiger partial charge in [-0.3, -0.25) is 0 Å². The molecule has 5 aromatic rings. The number of benzene rings is 4. The lowest BCUT2D eigenvalue weighted by Gasteiger charge is -2.15. The molecule has 0 bridgehead atoms. The van der Waals surface area contributed by atoms with Crippen LogP contribution in [0.3, 0.4) is 0 Å². The van der Waals surface area contributed by atoms with Crippen LogP contribution < -0.4 is 9.47 Å². The zero-order valence-corrected chi connectivity index (χ0v) is 18.7. The van der Waals surface area contributed by atoms with E-state index in [0.717, 1.165) is 26.1 Å². The first kappa shape index (κ1) is 19.1. The van der Waals surface area contributed by atoms with Crippen LogP contribution in [-0.4, -0.2) is 12.1 Å². The van der Waals surface area contributed by atoms with Gasteiger partial charge in [-0.05, 0) is 56.5 Å². The minimum Gasteiger partial charge on any atom is -0.493 e. The van der Waals surface area contributed by atoms with E-state index in [2.05, 4.69) is 58.4 Å². The second kappa shape index (κ2) is 8.09.